The van der Waals surface area contributed by atoms with Crippen molar-refractivity contribution >= 4 is 0 Å². The molecule has 1 N–H and O–H groups in total. The molecule has 0 spiro atoms. The monoisotopic (exact) mass is 226 g/mol. The maximum absolute atomic E-state index is 13.1. The second kappa shape index (κ2) is 6.55. The predicted octanol–water partition coefficient (Wildman–Crippen LogP) is 2.30. The molecule has 0 radical (unpaired) electrons. The molecule has 0 aliphatic rings. The van der Waals surface area contributed by atoms with Crippen molar-refractivity contribution in [2.24, 2.45) is 0 Å². The Morgan fingerprint density at radius 3 is 2.69 bits per heavy atom. The molecule has 0 aliphatic carbocycles. The van der Waals surface area contributed by atoms with E-state index in [1.807, 2.05) is 14.0 Å². The SMILES string of the molecule is CCOC(CC)C(NC)c1cncc(F)c1. The zero-order valence-electron chi connectivity index (χ0n) is 10.0. The fourth-order valence-electron chi connectivity index (χ4n) is 1.83. The lowest BCUT2D eigenvalue weighted by molar-refractivity contribution is 0.0332. The Hall–Kier alpha value is -1.00. The molecule has 2 atom stereocenters. The van der Waals surface area contributed by atoms with E-state index in [4.69, 9.17) is 4.74 Å². The zero-order chi connectivity index (χ0) is 12.0. The van der Waals surface area contributed by atoms with E-state index in [1.54, 1.807) is 6.20 Å². The van der Waals surface area contributed by atoms with Crippen LogP contribution in [-0.4, -0.2) is 24.7 Å². The molecule has 16 heavy (non-hydrogen) atoms. The minimum absolute atomic E-state index is 0.0202. The molecule has 1 aromatic heterocycles. The first-order valence-corrected chi connectivity index (χ1v) is 5.62. The third-order valence-electron chi connectivity index (χ3n) is 2.55. The Labute approximate surface area is 96.0 Å². The first-order chi connectivity index (χ1) is 7.72. The van der Waals surface area contributed by atoms with E-state index in [-0.39, 0.29) is 18.0 Å². The van der Waals surface area contributed by atoms with Crippen molar-refractivity contribution in [2.75, 3.05) is 13.7 Å². The highest BCUT2D eigenvalue weighted by Crippen LogP contribution is 2.21. The molecule has 0 saturated heterocycles. The summed E-state index contributed by atoms with van der Waals surface area (Å²) in [4.78, 5) is 3.86. The fourth-order valence-corrected chi connectivity index (χ4v) is 1.83. The van der Waals surface area contributed by atoms with E-state index in [0.29, 0.717) is 6.61 Å². The summed E-state index contributed by atoms with van der Waals surface area (Å²) in [5.41, 5.74) is 0.822. The van der Waals surface area contributed by atoms with Crippen LogP contribution in [0.5, 0.6) is 0 Å². The topological polar surface area (TPSA) is 34.1 Å². The molecule has 0 saturated carbocycles. The van der Waals surface area contributed by atoms with Crippen molar-refractivity contribution in [1.82, 2.24) is 10.3 Å². The van der Waals surface area contributed by atoms with Crippen LogP contribution in [0.1, 0.15) is 31.9 Å². The Balaban J connectivity index is 2.87. The smallest absolute Gasteiger partial charge is 0.141 e. The van der Waals surface area contributed by atoms with Gasteiger partial charge in [0.25, 0.3) is 0 Å². The fraction of sp³-hybridized carbons (Fsp3) is 0.583. The normalized spacial score (nSPS) is 14.8. The van der Waals surface area contributed by atoms with Crippen molar-refractivity contribution in [2.45, 2.75) is 32.4 Å². The summed E-state index contributed by atoms with van der Waals surface area (Å²) < 4.78 is 18.7. The van der Waals surface area contributed by atoms with Gasteiger partial charge in [0, 0.05) is 12.8 Å². The van der Waals surface area contributed by atoms with Crippen molar-refractivity contribution in [3.63, 3.8) is 0 Å². The highest BCUT2D eigenvalue weighted by Gasteiger charge is 2.21. The summed E-state index contributed by atoms with van der Waals surface area (Å²) in [6, 6.07) is 1.48. The van der Waals surface area contributed by atoms with Crippen molar-refractivity contribution in [3.05, 3.63) is 29.8 Å². The van der Waals surface area contributed by atoms with Gasteiger partial charge in [0.1, 0.15) is 5.82 Å². The molecule has 1 aromatic rings. The Bertz CT molecular complexity index is 320. The van der Waals surface area contributed by atoms with Gasteiger partial charge >= 0.3 is 0 Å². The van der Waals surface area contributed by atoms with Gasteiger partial charge in [0.2, 0.25) is 0 Å². The molecule has 0 aliphatic heterocycles. The summed E-state index contributed by atoms with van der Waals surface area (Å²) in [6.45, 7) is 4.66. The third-order valence-corrected chi connectivity index (χ3v) is 2.55. The molecule has 3 nitrogen and oxygen atoms in total. The van der Waals surface area contributed by atoms with Gasteiger partial charge in [-0.2, -0.15) is 0 Å². The average Bonchev–Trinajstić information content (AvgIpc) is 2.29. The zero-order valence-corrected chi connectivity index (χ0v) is 10.0. The van der Waals surface area contributed by atoms with Crippen molar-refractivity contribution in [1.29, 1.82) is 0 Å². The van der Waals surface area contributed by atoms with Gasteiger partial charge in [-0.15, -0.1) is 0 Å². The van der Waals surface area contributed by atoms with Crippen LogP contribution in [0.4, 0.5) is 4.39 Å². The number of ether oxygens (including phenoxy) is 1. The van der Waals surface area contributed by atoms with Crippen LogP contribution in [0.3, 0.4) is 0 Å². The Morgan fingerprint density at radius 1 is 1.44 bits per heavy atom. The van der Waals surface area contributed by atoms with Gasteiger partial charge in [-0.3, -0.25) is 4.98 Å². The summed E-state index contributed by atoms with van der Waals surface area (Å²) in [7, 11) is 1.84. The third kappa shape index (κ3) is 3.25. The van der Waals surface area contributed by atoms with Crippen LogP contribution >= 0.6 is 0 Å². The second-order valence-electron chi connectivity index (χ2n) is 3.60. The minimum Gasteiger partial charge on any atom is -0.377 e. The quantitative estimate of drug-likeness (QED) is 0.808. The number of pyridine rings is 1. The van der Waals surface area contributed by atoms with Crippen molar-refractivity contribution < 1.29 is 9.13 Å². The molecule has 0 amide bonds. The maximum Gasteiger partial charge on any atom is 0.141 e. The molecule has 0 bridgehead atoms. The van der Waals surface area contributed by atoms with E-state index in [1.165, 1.54) is 12.3 Å². The molecule has 1 heterocycles. The number of rotatable bonds is 6. The average molecular weight is 226 g/mol. The molecule has 0 aromatic carbocycles. The van der Waals surface area contributed by atoms with Crippen LogP contribution in [0.25, 0.3) is 0 Å². The summed E-state index contributed by atoms with van der Waals surface area (Å²) >= 11 is 0. The summed E-state index contributed by atoms with van der Waals surface area (Å²) in [5, 5.41) is 3.15. The van der Waals surface area contributed by atoms with Crippen LogP contribution < -0.4 is 5.32 Å². The summed E-state index contributed by atoms with van der Waals surface area (Å²) in [6.07, 6.45) is 3.79. The number of halogens is 1. The minimum atomic E-state index is -0.316. The first-order valence-electron chi connectivity index (χ1n) is 5.62. The number of hydrogen-bond donors (Lipinski definition) is 1. The Kier molecular flexibility index (Phi) is 5.35. The van der Waals surface area contributed by atoms with E-state index < -0.39 is 0 Å². The molecular weight excluding hydrogens is 207 g/mol. The number of nitrogens with zero attached hydrogens (tertiary/aromatic N) is 1. The number of nitrogens with one attached hydrogen (secondary N) is 1. The molecular formula is C12H19FN2O. The summed E-state index contributed by atoms with van der Waals surface area (Å²) in [5.74, 6) is -0.316. The predicted molar refractivity (Wildman–Crippen MR) is 61.7 cm³/mol. The van der Waals surface area contributed by atoms with Gasteiger partial charge in [-0.05, 0) is 32.0 Å². The highest BCUT2D eigenvalue weighted by atomic mass is 19.1. The van der Waals surface area contributed by atoms with Crippen LogP contribution in [0.2, 0.25) is 0 Å². The molecule has 1 rings (SSSR count). The van der Waals surface area contributed by atoms with E-state index >= 15 is 0 Å². The lowest BCUT2D eigenvalue weighted by atomic mass is 10.0. The van der Waals surface area contributed by atoms with E-state index in [0.717, 1.165) is 12.0 Å². The van der Waals surface area contributed by atoms with Crippen LogP contribution in [-0.2, 0) is 4.74 Å². The van der Waals surface area contributed by atoms with Gasteiger partial charge in [0.05, 0.1) is 18.3 Å². The lowest BCUT2D eigenvalue weighted by Gasteiger charge is -2.25. The lowest BCUT2D eigenvalue weighted by Crippen LogP contribution is -2.31. The largest absolute Gasteiger partial charge is 0.377 e. The standard InChI is InChI=1S/C12H19FN2O/c1-4-11(16-5-2)12(14-3)9-6-10(13)8-15-7-9/h6-8,11-12,14H,4-5H2,1-3H3. The molecule has 2 unspecified atom stereocenters. The van der Waals surface area contributed by atoms with Gasteiger partial charge < -0.3 is 10.1 Å². The van der Waals surface area contributed by atoms with Gasteiger partial charge in [-0.25, -0.2) is 4.39 Å². The Morgan fingerprint density at radius 2 is 2.19 bits per heavy atom. The van der Waals surface area contributed by atoms with Crippen molar-refractivity contribution in [3.8, 4) is 0 Å². The molecule has 90 valence electrons. The second-order valence-corrected chi connectivity index (χ2v) is 3.60. The molecule has 0 fully saturated rings. The number of aromatic nitrogens is 1. The van der Waals surface area contributed by atoms with Gasteiger partial charge in [0.15, 0.2) is 0 Å². The van der Waals surface area contributed by atoms with E-state index in [9.17, 15) is 4.39 Å². The number of likely N-dealkylation sites (N-methyl/N-ethyl adjacent to an activating group) is 1. The highest BCUT2D eigenvalue weighted by molar-refractivity contribution is 5.16. The number of hydrogen-bond acceptors (Lipinski definition) is 3. The van der Waals surface area contributed by atoms with Crippen LogP contribution in [0.15, 0.2) is 18.5 Å². The van der Waals surface area contributed by atoms with Gasteiger partial charge in [-0.1, -0.05) is 6.92 Å². The van der Waals surface area contributed by atoms with Crippen LogP contribution in [0, 0.1) is 5.82 Å². The first kappa shape index (κ1) is 13.1. The van der Waals surface area contributed by atoms with E-state index in [2.05, 4.69) is 17.2 Å². The molecule has 4 heteroatoms. The maximum atomic E-state index is 13.1.